The Labute approximate surface area is 98.5 Å². The minimum absolute atomic E-state index is 0.527. The molecule has 0 spiro atoms. The van der Waals surface area contributed by atoms with E-state index in [1.165, 1.54) is 0 Å². The predicted molar refractivity (Wildman–Crippen MR) is 67.7 cm³/mol. The number of thiazole rings is 1. The van der Waals surface area contributed by atoms with Crippen molar-refractivity contribution in [2.75, 3.05) is 16.8 Å². The number of anilines is 1. The van der Waals surface area contributed by atoms with Crippen molar-refractivity contribution in [2.45, 2.75) is 33.2 Å². The van der Waals surface area contributed by atoms with Gasteiger partial charge < -0.3 is 4.90 Å². The van der Waals surface area contributed by atoms with E-state index in [2.05, 4.69) is 45.0 Å². The van der Waals surface area contributed by atoms with Crippen molar-refractivity contribution in [3.8, 4) is 0 Å². The van der Waals surface area contributed by atoms with Crippen LogP contribution in [-0.2, 0) is 0 Å². The summed E-state index contributed by atoms with van der Waals surface area (Å²) in [6, 6.07) is 0.527. The Bertz CT molecular complexity index is 273. The fraction of sp³-hybridized carbons (Fsp3) is 0.700. The van der Waals surface area contributed by atoms with Crippen LogP contribution in [-0.4, -0.2) is 22.9 Å². The van der Waals surface area contributed by atoms with Crippen LogP contribution in [0.1, 0.15) is 26.0 Å². The molecule has 0 fully saturated rings. The van der Waals surface area contributed by atoms with Gasteiger partial charge in [-0.1, -0.05) is 15.9 Å². The molecule has 0 bridgehead atoms. The molecule has 0 aliphatic carbocycles. The van der Waals surface area contributed by atoms with Gasteiger partial charge in [-0.15, -0.1) is 11.3 Å². The maximum absolute atomic E-state index is 4.51. The van der Waals surface area contributed by atoms with E-state index in [1.54, 1.807) is 11.3 Å². The molecule has 1 aromatic rings. The molecule has 0 aliphatic rings. The topological polar surface area (TPSA) is 16.1 Å². The van der Waals surface area contributed by atoms with Gasteiger partial charge in [0.05, 0.1) is 5.69 Å². The molecule has 1 heterocycles. The lowest BCUT2D eigenvalue weighted by Gasteiger charge is -2.25. The van der Waals surface area contributed by atoms with Gasteiger partial charge in [0.15, 0.2) is 5.13 Å². The van der Waals surface area contributed by atoms with E-state index in [-0.39, 0.29) is 0 Å². The molecule has 2 nitrogen and oxygen atoms in total. The molecule has 1 rings (SSSR count). The molecule has 0 unspecified atom stereocenters. The number of nitrogens with zero attached hydrogens (tertiary/aromatic N) is 2. The molecule has 0 amide bonds. The molecule has 0 N–H and O–H groups in total. The molecule has 1 aromatic heterocycles. The number of hydrogen-bond donors (Lipinski definition) is 0. The lowest BCUT2D eigenvalue weighted by Crippen LogP contribution is -2.31. The third-order valence-corrected chi connectivity index (χ3v) is 3.56. The summed E-state index contributed by atoms with van der Waals surface area (Å²) < 4.78 is 0. The van der Waals surface area contributed by atoms with Crippen molar-refractivity contribution in [3.63, 3.8) is 0 Å². The number of rotatable bonds is 5. The second-order valence-electron chi connectivity index (χ2n) is 3.60. The summed E-state index contributed by atoms with van der Waals surface area (Å²) >= 11 is 5.20. The summed E-state index contributed by atoms with van der Waals surface area (Å²) in [5, 5.41) is 4.32. The Morgan fingerprint density at radius 1 is 1.57 bits per heavy atom. The monoisotopic (exact) mass is 276 g/mol. The summed E-state index contributed by atoms with van der Waals surface area (Å²) in [5.41, 5.74) is 1.12. The first kappa shape index (κ1) is 12.0. The smallest absolute Gasteiger partial charge is 0.185 e. The molecule has 4 heteroatoms. The molecule has 14 heavy (non-hydrogen) atoms. The van der Waals surface area contributed by atoms with Crippen LogP contribution >= 0.6 is 27.3 Å². The zero-order valence-corrected chi connectivity index (χ0v) is 11.4. The maximum Gasteiger partial charge on any atom is 0.185 e. The summed E-state index contributed by atoms with van der Waals surface area (Å²) in [5.74, 6) is 0. The molecular weight excluding hydrogens is 260 g/mol. The van der Waals surface area contributed by atoms with Gasteiger partial charge in [0.1, 0.15) is 0 Å². The van der Waals surface area contributed by atoms with Crippen molar-refractivity contribution in [1.82, 2.24) is 4.98 Å². The number of hydrogen-bond acceptors (Lipinski definition) is 3. The van der Waals surface area contributed by atoms with Gasteiger partial charge in [0.2, 0.25) is 0 Å². The summed E-state index contributed by atoms with van der Waals surface area (Å²) in [4.78, 5) is 6.87. The second kappa shape index (κ2) is 5.71. The molecule has 0 aromatic carbocycles. The number of aryl methyl sites for hydroxylation is 1. The molecule has 0 atom stereocenters. The first-order valence-electron chi connectivity index (χ1n) is 4.90. The van der Waals surface area contributed by atoms with Crippen LogP contribution in [0.2, 0.25) is 0 Å². The van der Waals surface area contributed by atoms with Crippen LogP contribution < -0.4 is 4.90 Å². The predicted octanol–water partition coefficient (Wildman–Crippen LogP) is 3.45. The third kappa shape index (κ3) is 3.24. The van der Waals surface area contributed by atoms with E-state index in [0.29, 0.717) is 6.04 Å². The largest absolute Gasteiger partial charge is 0.346 e. The van der Waals surface area contributed by atoms with Crippen LogP contribution in [0.3, 0.4) is 0 Å². The van der Waals surface area contributed by atoms with Crippen LogP contribution in [0.15, 0.2) is 5.38 Å². The van der Waals surface area contributed by atoms with Gasteiger partial charge in [-0.25, -0.2) is 4.98 Å². The van der Waals surface area contributed by atoms with Crippen molar-refractivity contribution >= 4 is 32.4 Å². The molecule has 80 valence electrons. The first-order valence-corrected chi connectivity index (χ1v) is 6.90. The average molecular weight is 277 g/mol. The summed E-state index contributed by atoms with van der Waals surface area (Å²) in [6.45, 7) is 7.55. The fourth-order valence-electron chi connectivity index (χ4n) is 1.28. The van der Waals surface area contributed by atoms with Crippen LogP contribution in [0.25, 0.3) is 0 Å². The first-order chi connectivity index (χ1) is 6.65. The highest BCUT2D eigenvalue weighted by Gasteiger charge is 2.12. The van der Waals surface area contributed by atoms with Crippen molar-refractivity contribution < 1.29 is 0 Å². The maximum atomic E-state index is 4.51. The minimum Gasteiger partial charge on any atom is -0.346 e. The second-order valence-corrected chi connectivity index (χ2v) is 5.23. The zero-order chi connectivity index (χ0) is 10.6. The molecule has 0 saturated carbocycles. The van der Waals surface area contributed by atoms with E-state index in [1.807, 2.05) is 6.92 Å². The molecule has 0 aliphatic heterocycles. The number of halogens is 1. The third-order valence-electron chi connectivity index (χ3n) is 2.01. The van der Waals surface area contributed by atoms with Gasteiger partial charge in [-0.2, -0.15) is 0 Å². The number of aromatic nitrogens is 1. The summed E-state index contributed by atoms with van der Waals surface area (Å²) in [6.07, 6.45) is 1.16. The molecular formula is C10H17BrN2S. The van der Waals surface area contributed by atoms with E-state index in [9.17, 15) is 0 Å². The van der Waals surface area contributed by atoms with Crippen LogP contribution in [0, 0.1) is 6.92 Å². The normalized spacial score (nSPS) is 10.9. The van der Waals surface area contributed by atoms with Gasteiger partial charge in [-0.3, -0.25) is 0 Å². The van der Waals surface area contributed by atoms with Crippen LogP contribution in [0.4, 0.5) is 5.13 Å². The fourth-order valence-corrected chi connectivity index (χ4v) is 2.49. The highest BCUT2D eigenvalue weighted by Crippen LogP contribution is 2.22. The van der Waals surface area contributed by atoms with E-state index in [0.717, 1.165) is 29.1 Å². The standard InChI is InChI=1S/C10H17BrN2S/c1-8(2)13(6-4-5-11)10-12-9(3)7-14-10/h7-8H,4-6H2,1-3H3. The van der Waals surface area contributed by atoms with Crippen LogP contribution in [0.5, 0.6) is 0 Å². The molecule has 0 radical (unpaired) electrons. The van der Waals surface area contributed by atoms with E-state index in [4.69, 9.17) is 0 Å². The van der Waals surface area contributed by atoms with Gasteiger partial charge in [0, 0.05) is 23.3 Å². The average Bonchev–Trinajstić information content (AvgIpc) is 2.52. The lowest BCUT2D eigenvalue weighted by atomic mass is 10.3. The zero-order valence-electron chi connectivity index (χ0n) is 8.96. The quantitative estimate of drug-likeness (QED) is 0.766. The molecule has 0 saturated heterocycles. The van der Waals surface area contributed by atoms with E-state index >= 15 is 0 Å². The Balaban J connectivity index is 2.67. The highest BCUT2D eigenvalue weighted by molar-refractivity contribution is 9.09. The minimum atomic E-state index is 0.527. The van der Waals surface area contributed by atoms with Crippen molar-refractivity contribution in [3.05, 3.63) is 11.1 Å². The number of alkyl halides is 1. The van der Waals surface area contributed by atoms with E-state index < -0.39 is 0 Å². The Morgan fingerprint density at radius 2 is 2.29 bits per heavy atom. The lowest BCUT2D eigenvalue weighted by molar-refractivity contribution is 0.671. The van der Waals surface area contributed by atoms with Crippen molar-refractivity contribution in [1.29, 1.82) is 0 Å². The van der Waals surface area contributed by atoms with Gasteiger partial charge >= 0.3 is 0 Å². The van der Waals surface area contributed by atoms with Gasteiger partial charge in [0.25, 0.3) is 0 Å². The summed E-state index contributed by atoms with van der Waals surface area (Å²) in [7, 11) is 0. The van der Waals surface area contributed by atoms with Gasteiger partial charge in [-0.05, 0) is 27.2 Å². The Hall–Kier alpha value is -0.0900. The SMILES string of the molecule is Cc1csc(N(CCCBr)C(C)C)n1. The Morgan fingerprint density at radius 3 is 2.71 bits per heavy atom. The highest BCUT2D eigenvalue weighted by atomic mass is 79.9. The van der Waals surface area contributed by atoms with Crippen molar-refractivity contribution in [2.24, 2.45) is 0 Å². The Kier molecular flexibility index (Phi) is 4.89.